The molecule has 0 radical (unpaired) electrons. The molecule has 1 fully saturated rings. The minimum absolute atomic E-state index is 0.0499. The van der Waals surface area contributed by atoms with Gasteiger partial charge in [-0.1, -0.05) is 6.07 Å². The van der Waals surface area contributed by atoms with Gasteiger partial charge in [0.25, 0.3) is 0 Å². The molecule has 1 aromatic heterocycles. The second-order valence-corrected chi connectivity index (χ2v) is 7.90. The van der Waals surface area contributed by atoms with Crippen LogP contribution < -0.4 is 0 Å². The zero-order valence-corrected chi connectivity index (χ0v) is 12.6. The molecule has 0 N–H and O–H groups in total. The molecular formula is C13H18N2O4S. The Bertz CT molecular complexity index is 587. The Balaban J connectivity index is 1.99. The maximum Gasteiger partial charge on any atom is 0.410 e. The minimum atomic E-state index is -3.47. The first-order chi connectivity index (χ1) is 9.20. The Kier molecular flexibility index (Phi) is 3.73. The number of rotatable bonds is 2. The maximum absolute atomic E-state index is 12.2. The predicted molar refractivity (Wildman–Crippen MR) is 73.0 cm³/mol. The summed E-state index contributed by atoms with van der Waals surface area (Å²) >= 11 is 0. The number of sulfone groups is 1. The summed E-state index contributed by atoms with van der Waals surface area (Å²) in [5.41, 5.74) is -0.581. The second-order valence-electron chi connectivity index (χ2n) is 5.72. The second kappa shape index (κ2) is 5.05. The number of aromatic nitrogens is 1. The number of pyridine rings is 1. The van der Waals surface area contributed by atoms with Gasteiger partial charge in [0.15, 0.2) is 5.03 Å². The standard InChI is InChI=1S/C13H18N2O4S/c1-13(2,3)19-12(16)15-8-10(9-15)20(17,18)11-6-4-5-7-14-11/h4-7,10H,8-9H2,1-3H3. The highest BCUT2D eigenvalue weighted by Gasteiger charge is 2.42. The minimum Gasteiger partial charge on any atom is -0.444 e. The average Bonchev–Trinajstić information content (AvgIpc) is 2.25. The quantitative estimate of drug-likeness (QED) is 0.826. The lowest BCUT2D eigenvalue weighted by Gasteiger charge is -2.38. The van der Waals surface area contributed by atoms with Crippen molar-refractivity contribution in [3.05, 3.63) is 24.4 Å². The van der Waals surface area contributed by atoms with Crippen LogP contribution in [0.1, 0.15) is 20.8 Å². The molecule has 1 aliphatic rings. The van der Waals surface area contributed by atoms with Crippen molar-refractivity contribution in [3.63, 3.8) is 0 Å². The fourth-order valence-electron chi connectivity index (χ4n) is 1.80. The summed E-state index contributed by atoms with van der Waals surface area (Å²) in [7, 11) is -3.47. The van der Waals surface area contributed by atoms with Gasteiger partial charge < -0.3 is 9.64 Å². The molecule has 0 aromatic carbocycles. The summed E-state index contributed by atoms with van der Waals surface area (Å²) < 4.78 is 29.6. The van der Waals surface area contributed by atoms with Gasteiger partial charge in [0.2, 0.25) is 9.84 Å². The molecule has 0 spiro atoms. The molecule has 1 saturated heterocycles. The lowest BCUT2D eigenvalue weighted by atomic mass is 10.2. The lowest BCUT2D eigenvalue weighted by Crippen LogP contribution is -2.57. The average molecular weight is 298 g/mol. The molecule has 6 nitrogen and oxygen atoms in total. The van der Waals surface area contributed by atoms with E-state index in [9.17, 15) is 13.2 Å². The fraction of sp³-hybridized carbons (Fsp3) is 0.538. The van der Waals surface area contributed by atoms with E-state index in [2.05, 4.69) is 4.98 Å². The molecule has 0 atom stereocenters. The number of likely N-dealkylation sites (tertiary alicyclic amines) is 1. The van der Waals surface area contributed by atoms with Gasteiger partial charge in [0.1, 0.15) is 10.9 Å². The number of carbonyl (C=O) groups is 1. The highest BCUT2D eigenvalue weighted by atomic mass is 32.2. The summed E-state index contributed by atoms with van der Waals surface area (Å²) in [6.07, 6.45) is 0.960. The van der Waals surface area contributed by atoms with E-state index < -0.39 is 26.8 Å². The van der Waals surface area contributed by atoms with Gasteiger partial charge in [0, 0.05) is 19.3 Å². The van der Waals surface area contributed by atoms with Crippen LogP contribution in [0.5, 0.6) is 0 Å². The van der Waals surface area contributed by atoms with Gasteiger partial charge in [-0.3, -0.25) is 0 Å². The molecule has 1 amide bonds. The largest absolute Gasteiger partial charge is 0.444 e. The first-order valence-electron chi connectivity index (χ1n) is 6.33. The van der Waals surface area contributed by atoms with E-state index in [-0.39, 0.29) is 18.1 Å². The molecule has 0 saturated carbocycles. The first-order valence-corrected chi connectivity index (χ1v) is 7.87. The van der Waals surface area contributed by atoms with Gasteiger partial charge in [-0.15, -0.1) is 0 Å². The van der Waals surface area contributed by atoms with Gasteiger partial charge >= 0.3 is 6.09 Å². The van der Waals surface area contributed by atoms with Crippen LogP contribution in [0.25, 0.3) is 0 Å². The van der Waals surface area contributed by atoms with Gasteiger partial charge in [0.05, 0.1) is 0 Å². The van der Waals surface area contributed by atoms with Crippen LogP contribution in [0.4, 0.5) is 4.79 Å². The van der Waals surface area contributed by atoms with E-state index in [1.807, 2.05) is 0 Å². The van der Waals surface area contributed by atoms with Crippen LogP contribution in [0.15, 0.2) is 29.4 Å². The third-order valence-corrected chi connectivity index (χ3v) is 4.87. The molecule has 1 aromatic rings. The molecule has 2 rings (SSSR count). The molecule has 1 aliphatic heterocycles. The molecule has 20 heavy (non-hydrogen) atoms. The Morgan fingerprint density at radius 1 is 1.35 bits per heavy atom. The molecule has 110 valence electrons. The van der Waals surface area contributed by atoms with Crippen molar-refractivity contribution in [2.24, 2.45) is 0 Å². The topological polar surface area (TPSA) is 76.6 Å². The number of ether oxygens (including phenoxy) is 1. The third-order valence-electron chi connectivity index (χ3n) is 2.87. The fourth-order valence-corrected chi connectivity index (χ4v) is 3.37. The third kappa shape index (κ3) is 3.09. The Morgan fingerprint density at radius 3 is 2.50 bits per heavy atom. The van der Waals surface area contributed by atoms with E-state index in [1.54, 1.807) is 32.9 Å². The molecular weight excluding hydrogens is 280 g/mol. The van der Waals surface area contributed by atoms with E-state index >= 15 is 0 Å². The van der Waals surface area contributed by atoms with E-state index in [1.165, 1.54) is 17.2 Å². The molecule has 0 aliphatic carbocycles. The van der Waals surface area contributed by atoms with E-state index in [0.29, 0.717) is 0 Å². The number of carbonyl (C=O) groups excluding carboxylic acids is 1. The predicted octanol–water partition coefficient (Wildman–Crippen LogP) is 1.47. The summed E-state index contributed by atoms with van der Waals surface area (Å²) in [6, 6.07) is 4.75. The van der Waals surface area contributed by atoms with Crippen LogP contribution in [0.3, 0.4) is 0 Å². The van der Waals surface area contributed by atoms with Gasteiger partial charge in [-0.25, -0.2) is 18.2 Å². The van der Waals surface area contributed by atoms with Crippen LogP contribution in [0, 0.1) is 0 Å². The molecule has 7 heteroatoms. The smallest absolute Gasteiger partial charge is 0.410 e. The highest BCUT2D eigenvalue weighted by Crippen LogP contribution is 2.24. The number of nitrogens with zero attached hydrogens (tertiary/aromatic N) is 2. The monoisotopic (exact) mass is 298 g/mol. The summed E-state index contributed by atoms with van der Waals surface area (Å²) in [4.78, 5) is 17.0. The summed E-state index contributed by atoms with van der Waals surface area (Å²) in [5.74, 6) is 0. The van der Waals surface area contributed by atoms with E-state index in [4.69, 9.17) is 4.74 Å². The zero-order chi connectivity index (χ0) is 15.0. The zero-order valence-electron chi connectivity index (χ0n) is 11.7. The maximum atomic E-state index is 12.2. The number of amides is 1. The normalized spacial score (nSPS) is 16.6. The number of hydrogen-bond donors (Lipinski definition) is 0. The first kappa shape index (κ1) is 14.8. The van der Waals surface area contributed by atoms with Crippen molar-refractivity contribution in [2.75, 3.05) is 13.1 Å². The van der Waals surface area contributed by atoms with Crippen molar-refractivity contribution in [3.8, 4) is 0 Å². The molecule has 2 heterocycles. The summed E-state index contributed by atoms with van der Waals surface area (Å²) in [5, 5.41) is -0.557. The van der Waals surface area contributed by atoms with Crippen LogP contribution >= 0.6 is 0 Å². The van der Waals surface area contributed by atoms with Crippen molar-refractivity contribution in [1.29, 1.82) is 0 Å². The van der Waals surface area contributed by atoms with Gasteiger partial charge in [-0.2, -0.15) is 0 Å². The van der Waals surface area contributed by atoms with Gasteiger partial charge in [-0.05, 0) is 32.9 Å². The Labute approximate surface area is 118 Å². The SMILES string of the molecule is CC(C)(C)OC(=O)N1CC(S(=O)(=O)c2ccccn2)C1. The molecule has 0 unspecified atom stereocenters. The summed E-state index contributed by atoms with van der Waals surface area (Å²) in [6.45, 7) is 5.61. The van der Waals surface area contributed by atoms with Crippen LogP contribution in [-0.4, -0.2) is 48.3 Å². The van der Waals surface area contributed by atoms with Crippen molar-refractivity contribution < 1.29 is 17.9 Å². The highest BCUT2D eigenvalue weighted by molar-refractivity contribution is 7.92. The molecule has 0 bridgehead atoms. The van der Waals surface area contributed by atoms with Crippen LogP contribution in [0.2, 0.25) is 0 Å². The number of hydrogen-bond acceptors (Lipinski definition) is 5. The Hall–Kier alpha value is -1.63. The lowest BCUT2D eigenvalue weighted by molar-refractivity contribution is 0.0139. The van der Waals surface area contributed by atoms with Crippen molar-refractivity contribution in [1.82, 2.24) is 9.88 Å². The van der Waals surface area contributed by atoms with Crippen LogP contribution in [-0.2, 0) is 14.6 Å². The Morgan fingerprint density at radius 2 is 2.00 bits per heavy atom. The van der Waals surface area contributed by atoms with Crippen molar-refractivity contribution >= 4 is 15.9 Å². The van der Waals surface area contributed by atoms with Crippen molar-refractivity contribution in [2.45, 2.75) is 36.6 Å². The van der Waals surface area contributed by atoms with E-state index in [0.717, 1.165) is 0 Å².